The molecule has 0 unspecified atom stereocenters. The molecule has 0 aromatic heterocycles. The lowest BCUT2D eigenvalue weighted by molar-refractivity contribution is -0.127. The second kappa shape index (κ2) is 6.20. The van der Waals surface area contributed by atoms with E-state index in [9.17, 15) is 4.79 Å². The van der Waals surface area contributed by atoms with Crippen molar-refractivity contribution in [2.24, 2.45) is 0 Å². The highest BCUT2D eigenvalue weighted by Crippen LogP contribution is 2.36. The van der Waals surface area contributed by atoms with Crippen molar-refractivity contribution in [3.63, 3.8) is 0 Å². The topological polar surface area (TPSA) is 64.8 Å². The standard InChI is InChI=1S/C18H20N2O3/c1-20(2)18(21)10-14-9-17-16(22-11-23-17)8-13(14)7-12-3-5-15(19)6-4-12/h3-6,8-9H,7,10-11,19H2,1-2H3. The Morgan fingerprint density at radius 1 is 1.09 bits per heavy atom. The van der Waals surface area contributed by atoms with E-state index in [0.717, 1.165) is 28.1 Å². The van der Waals surface area contributed by atoms with E-state index in [1.807, 2.05) is 36.4 Å². The number of anilines is 1. The van der Waals surface area contributed by atoms with E-state index in [4.69, 9.17) is 15.2 Å². The molecule has 0 radical (unpaired) electrons. The molecule has 0 aliphatic carbocycles. The summed E-state index contributed by atoms with van der Waals surface area (Å²) in [5.41, 5.74) is 9.64. The minimum Gasteiger partial charge on any atom is -0.454 e. The van der Waals surface area contributed by atoms with Crippen molar-refractivity contribution < 1.29 is 14.3 Å². The van der Waals surface area contributed by atoms with Crippen LogP contribution in [0.2, 0.25) is 0 Å². The van der Waals surface area contributed by atoms with Crippen molar-refractivity contribution in [1.82, 2.24) is 4.90 Å². The molecule has 2 aromatic carbocycles. The summed E-state index contributed by atoms with van der Waals surface area (Å²) in [7, 11) is 3.52. The number of amides is 1. The zero-order chi connectivity index (χ0) is 16.4. The molecule has 1 aliphatic rings. The van der Waals surface area contributed by atoms with Crippen molar-refractivity contribution in [2.45, 2.75) is 12.8 Å². The van der Waals surface area contributed by atoms with Crippen molar-refractivity contribution in [3.05, 3.63) is 53.1 Å². The Morgan fingerprint density at radius 3 is 2.30 bits per heavy atom. The van der Waals surface area contributed by atoms with Gasteiger partial charge in [0.15, 0.2) is 11.5 Å². The quantitative estimate of drug-likeness (QED) is 0.879. The molecule has 0 spiro atoms. The largest absolute Gasteiger partial charge is 0.454 e. The van der Waals surface area contributed by atoms with Crippen LogP contribution in [-0.2, 0) is 17.6 Å². The van der Waals surface area contributed by atoms with Gasteiger partial charge in [-0.2, -0.15) is 0 Å². The van der Waals surface area contributed by atoms with E-state index >= 15 is 0 Å². The second-order valence-corrected chi connectivity index (χ2v) is 5.86. The maximum atomic E-state index is 12.1. The van der Waals surface area contributed by atoms with Gasteiger partial charge in [0.25, 0.3) is 0 Å². The van der Waals surface area contributed by atoms with Crippen molar-refractivity contribution in [3.8, 4) is 11.5 Å². The number of likely N-dealkylation sites (N-methyl/N-ethyl adjacent to an activating group) is 1. The normalized spacial score (nSPS) is 12.3. The average Bonchev–Trinajstić information content (AvgIpc) is 2.96. The Bertz CT molecular complexity index is 724. The fourth-order valence-corrected chi connectivity index (χ4v) is 2.53. The molecule has 0 atom stereocenters. The summed E-state index contributed by atoms with van der Waals surface area (Å²) < 4.78 is 10.9. The first-order chi connectivity index (χ1) is 11.0. The van der Waals surface area contributed by atoms with Crippen molar-refractivity contribution in [1.29, 1.82) is 0 Å². The lowest BCUT2D eigenvalue weighted by atomic mass is 9.96. The Balaban J connectivity index is 1.93. The highest BCUT2D eigenvalue weighted by atomic mass is 16.7. The smallest absolute Gasteiger partial charge is 0.231 e. The zero-order valence-electron chi connectivity index (χ0n) is 13.3. The Labute approximate surface area is 135 Å². The Kier molecular flexibility index (Phi) is 4.10. The lowest BCUT2D eigenvalue weighted by Crippen LogP contribution is -2.24. The van der Waals surface area contributed by atoms with Gasteiger partial charge < -0.3 is 20.1 Å². The zero-order valence-corrected chi connectivity index (χ0v) is 13.3. The van der Waals surface area contributed by atoms with Crippen LogP contribution in [0.4, 0.5) is 5.69 Å². The highest BCUT2D eigenvalue weighted by molar-refractivity contribution is 5.79. The van der Waals surface area contributed by atoms with Crippen LogP contribution < -0.4 is 15.2 Å². The number of hydrogen-bond acceptors (Lipinski definition) is 4. The predicted octanol–water partition coefficient (Wildman–Crippen LogP) is 2.22. The minimum atomic E-state index is 0.0578. The summed E-state index contributed by atoms with van der Waals surface area (Å²) in [4.78, 5) is 13.7. The molecule has 1 amide bonds. The molecule has 0 fully saturated rings. The first kappa shape index (κ1) is 15.2. The number of nitrogens with zero attached hydrogens (tertiary/aromatic N) is 1. The molecule has 120 valence electrons. The van der Waals surface area contributed by atoms with Gasteiger partial charge in [-0.25, -0.2) is 0 Å². The number of hydrogen-bond donors (Lipinski definition) is 1. The van der Waals surface area contributed by atoms with E-state index in [0.29, 0.717) is 18.6 Å². The van der Waals surface area contributed by atoms with E-state index < -0.39 is 0 Å². The van der Waals surface area contributed by atoms with Gasteiger partial charge in [0, 0.05) is 19.8 Å². The summed E-state index contributed by atoms with van der Waals surface area (Å²) in [6.07, 6.45) is 1.06. The van der Waals surface area contributed by atoms with Crippen LogP contribution in [-0.4, -0.2) is 31.7 Å². The third-order valence-corrected chi connectivity index (χ3v) is 3.91. The SMILES string of the molecule is CN(C)C(=O)Cc1cc2c(cc1Cc1ccc(N)cc1)OCO2. The van der Waals surface area contributed by atoms with Gasteiger partial charge in [-0.1, -0.05) is 12.1 Å². The molecule has 2 aromatic rings. The van der Waals surface area contributed by atoms with Crippen LogP contribution in [0.1, 0.15) is 16.7 Å². The number of nitrogens with two attached hydrogens (primary N) is 1. The van der Waals surface area contributed by atoms with Crippen LogP contribution in [0.3, 0.4) is 0 Å². The molecule has 1 heterocycles. The molecular formula is C18H20N2O3. The number of ether oxygens (including phenoxy) is 2. The number of carbonyl (C=O) groups excluding carboxylic acids is 1. The molecular weight excluding hydrogens is 292 g/mol. The fraction of sp³-hybridized carbons (Fsp3) is 0.278. The maximum absolute atomic E-state index is 12.1. The van der Waals surface area contributed by atoms with Crippen molar-refractivity contribution >= 4 is 11.6 Å². The summed E-state index contributed by atoms with van der Waals surface area (Å²) >= 11 is 0. The molecule has 23 heavy (non-hydrogen) atoms. The van der Waals surface area contributed by atoms with Crippen LogP contribution in [0.15, 0.2) is 36.4 Å². The van der Waals surface area contributed by atoms with Gasteiger partial charge >= 0.3 is 0 Å². The number of carbonyl (C=O) groups is 1. The molecule has 0 saturated heterocycles. The summed E-state index contributed by atoms with van der Waals surface area (Å²) in [6.45, 7) is 0.224. The van der Waals surface area contributed by atoms with Crippen molar-refractivity contribution in [2.75, 3.05) is 26.6 Å². The predicted molar refractivity (Wildman–Crippen MR) is 88.6 cm³/mol. The van der Waals surface area contributed by atoms with Gasteiger partial charge in [-0.15, -0.1) is 0 Å². The number of rotatable bonds is 4. The van der Waals surface area contributed by atoms with Crippen LogP contribution in [0.5, 0.6) is 11.5 Å². The third kappa shape index (κ3) is 3.39. The van der Waals surface area contributed by atoms with E-state index in [1.54, 1.807) is 19.0 Å². The fourth-order valence-electron chi connectivity index (χ4n) is 2.53. The van der Waals surface area contributed by atoms with Gasteiger partial charge in [0.2, 0.25) is 12.7 Å². The number of fused-ring (bicyclic) bond motifs is 1. The third-order valence-electron chi connectivity index (χ3n) is 3.91. The van der Waals surface area contributed by atoms with E-state index in [2.05, 4.69) is 0 Å². The molecule has 0 bridgehead atoms. The first-order valence-corrected chi connectivity index (χ1v) is 7.49. The monoisotopic (exact) mass is 312 g/mol. The number of benzene rings is 2. The van der Waals surface area contributed by atoms with Crippen LogP contribution in [0.25, 0.3) is 0 Å². The Hall–Kier alpha value is -2.69. The second-order valence-electron chi connectivity index (χ2n) is 5.86. The summed E-state index contributed by atoms with van der Waals surface area (Å²) in [6, 6.07) is 11.6. The van der Waals surface area contributed by atoms with Crippen LogP contribution >= 0.6 is 0 Å². The Morgan fingerprint density at radius 2 is 1.70 bits per heavy atom. The maximum Gasteiger partial charge on any atom is 0.231 e. The molecule has 1 aliphatic heterocycles. The summed E-state index contributed by atoms with van der Waals surface area (Å²) in [5.74, 6) is 1.49. The summed E-state index contributed by atoms with van der Waals surface area (Å²) in [5, 5.41) is 0. The van der Waals surface area contributed by atoms with Crippen LogP contribution in [0, 0.1) is 0 Å². The molecule has 5 heteroatoms. The van der Waals surface area contributed by atoms with Gasteiger partial charge in [0.05, 0.1) is 6.42 Å². The molecule has 0 saturated carbocycles. The highest BCUT2D eigenvalue weighted by Gasteiger charge is 2.19. The molecule has 5 nitrogen and oxygen atoms in total. The van der Waals surface area contributed by atoms with E-state index in [1.165, 1.54) is 0 Å². The number of nitrogen functional groups attached to an aromatic ring is 1. The van der Waals surface area contributed by atoms with E-state index in [-0.39, 0.29) is 12.7 Å². The first-order valence-electron chi connectivity index (χ1n) is 7.49. The van der Waals surface area contributed by atoms with Gasteiger partial charge in [-0.05, 0) is 47.4 Å². The minimum absolute atomic E-state index is 0.0578. The average molecular weight is 312 g/mol. The molecule has 3 rings (SSSR count). The molecule has 2 N–H and O–H groups in total. The van der Waals surface area contributed by atoms with Gasteiger partial charge in [0.1, 0.15) is 0 Å². The van der Waals surface area contributed by atoms with Gasteiger partial charge in [-0.3, -0.25) is 4.79 Å². The lowest BCUT2D eigenvalue weighted by Gasteiger charge is -2.14.